The molecule has 1 saturated carbocycles. The summed E-state index contributed by atoms with van der Waals surface area (Å²) in [6, 6.07) is 13.5. The van der Waals surface area contributed by atoms with Crippen LogP contribution in [0.4, 0.5) is 5.69 Å². The lowest BCUT2D eigenvalue weighted by molar-refractivity contribution is 0.0951. The number of hydrogen-bond donors (Lipinski definition) is 2. The summed E-state index contributed by atoms with van der Waals surface area (Å²) in [6.07, 6.45) is 4.24. The molecule has 0 spiro atoms. The van der Waals surface area contributed by atoms with E-state index in [9.17, 15) is 13.2 Å². The van der Waals surface area contributed by atoms with Crippen molar-refractivity contribution in [1.29, 1.82) is 0 Å². The monoisotopic (exact) mass is 425 g/mol. The Morgan fingerprint density at radius 2 is 1.97 bits per heavy atom. The number of rotatable bonds is 8. The number of sulfonamides is 1. The van der Waals surface area contributed by atoms with Crippen molar-refractivity contribution in [2.45, 2.75) is 37.1 Å². The predicted molar refractivity (Wildman–Crippen MR) is 115 cm³/mol. The number of aromatic nitrogens is 1. The van der Waals surface area contributed by atoms with E-state index in [0.717, 1.165) is 24.6 Å². The first-order valence-electron chi connectivity index (χ1n) is 9.92. The van der Waals surface area contributed by atoms with Crippen molar-refractivity contribution < 1.29 is 17.9 Å². The van der Waals surface area contributed by atoms with Gasteiger partial charge in [0.25, 0.3) is 15.9 Å². The summed E-state index contributed by atoms with van der Waals surface area (Å²) in [5, 5.41) is 3.63. The van der Waals surface area contributed by atoms with Crippen molar-refractivity contribution in [1.82, 2.24) is 10.3 Å². The highest BCUT2D eigenvalue weighted by Crippen LogP contribution is 2.28. The molecule has 30 heavy (non-hydrogen) atoms. The molecule has 4 rings (SSSR count). The first kappa shape index (κ1) is 20.2. The molecule has 1 aliphatic rings. The lowest BCUT2D eigenvalue weighted by atomic mass is 10.1. The van der Waals surface area contributed by atoms with Gasteiger partial charge in [0.1, 0.15) is 10.6 Å². The Bertz CT molecular complexity index is 1180. The Morgan fingerprint density at radius 1 is 1.17 bits per heavy atom. The number of nitrogens with zero attached hydrogens (tertiary/aromatic N) is 1. The molecule has 3 aromatic rings. The van der Waals surface area contributed by atoms with Crippen molar-refractivity contribution in [2.24, 2.45) is 0 Å². The van der Waals surface area contributed by atoms with Crippen molar-refractivity contribution in [3.63, 3.8) is 0 Å². The molecule has 1 heterocycles. The number of pyridine rings is 1. The minimum atomic E-state index is -3.97. The fourth-order valence-electron chi connectivity index (χ4n) is 3.09. The number of nitrogens with one attached hydrogen (secondary N) is 2. The molecule has 0 unspecified atom stereocenters. The Kier molecular flexibility index (Phi) is 5.59. The molecule has 0 bridgehead atoms. The van der Waals surface area contributed by atoms with Gasteiger partial charge in [0, 0.05) is 17.6 Å². The molecule has 2 N–H and O–H groups in total. The molecule has 0 radical (unpaired) electrons. The summed E-state index contributed by atoms with van der Waals surface area (Å²) in [5.74, 6) is 0.195. The Balaban J connectivity index is 1.70. The smallest absolute Gasteiger partial charge is 0.264 e. The zero-order chi connectivity index (χ0) is 21.1. The van der Waals surface area contributed by atoms with E-state index in [1.165, 1.54) is 6.07 Å². The third-order valence-electron chi connectivity index (χ3n) is 4.75. The lowest BCUT2D eigenvalue weighted by Gasteiger charge is -2.15. The van der Waals surface area contributed by atoms with Crippen LogP contribution in [0.5, 0.6) is 5.75 Å². The maximum atomic E-state index is 13.2. The predicted octanol–water partition coefficient (Wildman–Crippen LogP) is 3.72. The molecular formula is C22H23N3O4S. The molecule has 1 aliphatic carbocycles. The number of hydrogen-bond acceptors (Lipinski definition) is 5. The van der Waals surface area contributed by atoms with E-state index in [4.69, 9.17) is 4.74 Å². The molecule has 0 saturated heterocycles. The van der Waals surface area contributed by atoms with Crippen LogP contribution in [0.3, 0.4) is 0 Å². The highest BCUT2D eigenvalue weighted by molar-refractivity contribution is 7.93. The fourth-order valence-corrected chi connectivity index (χ4v) is 4.35. The molecule has 1 fully saturated rings. The summed E-state index contributed by atoms with van der Waals surface area (Å²) in [6.45, 7) is 2.50. The number of anilines is 1. The maximum Gasteiger partial charge on any atom is 0.264 e. The third kappa shape index (κ3) is 4.38. The van der Waals surface area contributed by atoms with E-state index in [2.05, 4.69) is 15.0 Å². The number of para-hydroxylation sites is 1. The molecule has 156 valence electrons. The second-order valence-corrected chi connectivity index (χ2v) is 8.89. The lowest BCUT2D eigenvalue weighted by Crippen LogP contribution is -2.27. The molecule has 7 nitrogen and oxygen atoms in total. The zero-order valence-electron chi connectivity index (χ0n) is 16.6. The van der Waals surface area contributed by atoms with Gasteiger partial charge in [-0.2, -0.15) is 0 Å². The van der Waals surface area contributed by atoms with Crippen molar-refractivity contribution >= 4 is 32.5 Å². The SMILES string of the molecule is CCCOc1ccc(NS(=O)(=O)c2cccc3cccnc23)c(C(=O)NC2CC2)c1. The molecule has 8 heteroatoms. The highest BCUT2D eigenvalue weighted by atomic mass is 32.2. The minimum Gasteiger partial charge on any atom is -0.494 e. The van der Waals surface area contributed by atoms with E-state index < -0.39 is 10.0 Å². The van der Waals surface area contributed by atoms with Crippen LogP contribution in [0.15, 0.2) is 59.6 Å². The van der Waals surface area contributed by atoms with Gasteiger partial charge >= 0.3 is 0 Å². The van der Waals surface area contributed by atoms with Gasteiger partial charge in [-0.3, -0.25) is 14.5 Å². The van der Waals surface area contributed by atoms with E-state index >= 15 is 0 Å². The number of carbonyl (C=O) groups excluding carboxylic acids is 1. The highest BCUT2D eigenvalue weighted by Gasteiger charge is 2.27. The summed E-state index contributed by atoms with van der Waals surface area (Å²) >= 11 is 0. The molecule has 1 aromatic heterocycles. The van der Waals surface area contributed by atoms with Crippen LogP contribution in [-0.2, 0) is 10.0 Å². The Labute approximate surface area is 175 Å². The Hall–Kier alpha value is -3.13. The second-order valence-electron chi connectivity index (χ2n) is 7.24. The number of fused-ring (bicyclic) bond motifs is 1. The summed E-state index contributed by atoms with van der Waals surface area (Å²) < 4.78 is 34.5. The first-order chi connectivity index (χ1) is 14.5. The first-order valence-corrected chi connectivity index (χ1v) is 11.4. The van der Waals surface area contributed by atoms with Crippen molar-refractivity contribution in [2.75, 3.05) is 11.3 Å². The third-order valence-corrected chi connectivity index (χ3v) is 6.15. The van der Waals surface area contributed by atoms with Crippen LogP contribution in [0.25, 0.3) is 10.9 Å². The van der Waals surface area contributed by atoms with Gasteiger partial charge in [0.05, 0.1) is 23.4 Å². The fraction of sp³-hybridized carbons (Fsp3) is 0.273. The van der Waals surface area contributed by atoms with E-state index in [0.29, 0.717) is 17.9 Å². The van der Waals surface area contributed by atoms with Crippen LogP contribution in [-0.4, -0.2) is 32.0 Å². The van der Waals surface area contributed by atoms with Gasteiger partial charge < -0.3 is 10.1 Å². The van der Waals surface area contributed by atoms with E-state index in [-0.39, 0.29) is 28.1 Å². The minimum absolute atomic E-state index is 0.0560. The van der Waals surface area contributed by atoms with Gasteiger partial charge in [0.2, 0.25) is 0 Å². The molecule has 2 aromatic carbocycles. The average molecular weight is 426 g/mol. The molecule has 0 aliphatic heterocycles. The maximum absolute atomic E-state index is 13.2. The largest absolute Gasteiger partial charge is 0.494 e. The topological polar surface area (TPSA) is 97.4 Å². The van der Waals surface area contributed by atoms with Crippen LogP contribution in [0, 0.1) is 0 Å². The van der Waals surface area contributed by atoms with E-state index in [1.807, 2.05) is 6.92 Å². The second kappa shape index (κ2) is 8.31. The number of ether oxygens (including phenoxy) is 1. The zero-order valence-corrected chi connectivity index (χ0v) is 17.4. The molecule has 1 amide bonds. The van der Waals surface area contributed by atoms with Crippen LogP contribution in [0.2, 0.25) is 0 Å². The summed E-state index contributed by atoms with van der Waals surface area (Å²) in [7, 11) is -3.97. The summed E-state index contributed by atoms with van der Waals surface area (Å²) in [4.78, 5) is 17.0. The van der Waals surface area contributed by atoms with Gasteiger partial charge in [-0.25, -0.2) is 8.42 Å². The van der Waals surface area contributed by atoms with Crippen molar-refractivity contribution in [3.05, 3.63) is 60.3 Å². The molecular weight excluding hydrogens is 402 g/mol. The number of amides is 1. The average Bonchev–Trinajstić information content (AvgIpc) is 3.56. The van der Waals surface area contributed by atoms with Gasteiger partial charge in [-0.1, -0.05) is 25.1 Å². The van der Waals surface area contributed by atoms with Gasteiger partial charge in [0.15, 0.2) is 0 Å². The number of carbonyl (C=O) groups is 1. The standard InChI is InChI=1S/C22H23N3O4S/c1-2-13-29-17-10-11-19(18(14-17)22(26)24-16-8-9-16)25-30(27,28)20-7-3-5-15-6-4-12-23-21(15)20/h3-7,10-12,14,16,25H,2,8-9,13H2,1H3,(H,24,26). The van der Waals surface area contributed by atoms with Crippen LogP contribution < -0.4 is 14.8 Å². The van der Waals surface area contributed by atoms with Crippen LogP contribution in [0.1, 0.15) is 36.5 Å². The Morgan fingerprint density at radius 3 is 2.73 bits per heavy atom. The quantitative estimate of drug-likeness (QED) is 0.573. The molecule has 0 atom stereocenters. The van der Waals surface area contributed by atoms with Crippen LogP contribution >= 0.6 is 0 Å². The number of benzene rings is 2. The van der Waals surface area contributed by atoms with Crippen molar-refractivity contribution in [3.8, 4) is 5.75 Å². The normalized spacial score (nSPS) is 13.8. The van der Waals surface area contributed by atoms with Gasteiger partial charge in [-0.05, 0) is 49.6 Å². The summed E-state index contributed by atoms with van der Waals surface area (Å²) in [5.41, 5.74) is 0.802. The van der Waals surface area contributed by atoms with E-state index in [1.54, 1.807) is 48.7 Å². The van der Waals surface area contributed by atoms with Gasteiger partial charge in [-0.15, -0.1) is 0 Å².